The monoisotopic (exact) mass is 644 g/mol. The third-order valence-electron chi connectivity index (χ3n) is 11.4. The summed E-state index contributed by atoms with van der Waals surface area (Å²) < 4.78 is 7.12. The summed E-state index contributed by atoms with van der Waals surface area (Å²) in [4.78, 5) is 0. The first-order chi connectivity index (χ1) is 25.3. The van der Waals surface area contributed by atoms with Crippen LogP contribution in [0.2, 0.25) is 0 Å². The molecule has 234 valence electrons. The molecule has 12 rings (SSSR count). The van der Waals surface area contributed by atoms with Gasteiger partial charge in [-0.1, -0.05) is 152 Å². The molecule has 0 radical (unpaired) electrons. The molecule has 1 nitrogen and oxygen atoms in total. The van der Waals surface area contributed by atoms with Crippen LogP contribution in [0.1, 0.15) is 0 Å². The number of hydrogen-bond acceptors (Lipinski definition) is 1. The van der Waals surface area contributed by atoms with Crippen molar-refractivity contribution in [3.63, 3.8) is 0 Å². The van der Waals surface area contributed by atoms with E-state index in [1.165, 1.54) is 86.7 Å². The van der Waals surface area contributed by atoms with Crippen LogP contribution in [0.25, 0.3) is 120 Å². The number of rotatable bonds is 2. The fraction of sp³-hybridized carbons (Fsp3) is 0. The molecule has 0 fully saturated rings. The summed E-state index contributed by atoms with van der Waals surface area (Å²) in [7, 11) is 0. The predicted octanol–water partition coefficient (Wildman–Crippen LogP) is 14.4. The van der Waals surface area contributed by atoms with Gasteiger partial charge in [0.25, 0.3) is 0 Å². The largest absolute Gasteiger partial charge is 0.455 e. The molecule has 0 aliphatic rings. The van der Waals surface area contributed by atoms with E-state index in [-0.39, 0.29) is 0 Å². The van der Waals surface area contributed by atoms with Gasteiger partial charge in [0.15, 0.2) is 0 Å². The van der Waals surface area contributed by atoms with Gasteiger partial charge in [-0.2, -0.15) is 0 Å². The maximum atomic E-state index is 7.12. The normalized spacial score (nSPS) is 12.3. The molecule has 0 spiro atoms. The van der Waals surface area contributed by atoms with Gasteiger partial charge < -0.3 is 4.42 Å². The molecule has 12 aromatic rings. The molecule has 51 heavy (non-hydrogen) atoms. The zero-order valence-corrected chi connectivity index (χ0v) is 27.6. The Balaban J connectivity index is 1.20. The van der Waals surface area contributed by atoms with Crippen LogP contribution in [0.3, 0.4) is 0 Å². The average Bonchev–Trinajstić information content (AvgIpc) is 3.60. The van der Waals surface area contributed by atoms with Gasteiger partial charge in [0.2, 0.25) is 0 Å². The molecule has 0 N–H and O–H groups in total. The lowest BCUT2D eigenvalue weighted by Gasteiger charge is -2.15. The molecule has 1 aromatic heterocycles. The Morgan fingerprint density at radius 1 is 0.255 bits per heavy atom. The van der Waals surface area contributed by atoms with E-state index in [1.807, 2.05) is 0 Å². The van der Waals surface area contributed by atoms with Gasteiger partial charge in [-0.25, -0.2) is 0 Å². The maximum Gasteiger partial charge on any atom is 0.143 e. The maximum absolute atomic E-state index is 7.12. The summed E-state index contributed by atoms with van der Waals surface area (Å²) in [6.45, 7) is 0. The topological polar surface area (TPSA) is 13.1 Å². The molecule has 0 amide bonds. The first-order valence-corrected chi connectivity index (χ1v) is 17.7. The van der Waals surface area contributed by atoms with E-state index < -0.39 is 0 Å². The van der Waals surface area contributed by atoms with Gasteiger partial charge in [-0.3, -0.25) is 0 Å². The zero-order chi connectivity index (χ0) is 33.2. The fourth-order valence-corrected chi connectivity index (χ4v) is 9.02. The molecule has 0 saturated carbocycles. The van der Waals surface area contributed by atoms with Gasteiger partial charge in [0.1, 0.15) is 11.2 Å². The van der Waals surface area contributed by atoms with Crippen molar-refractivity contribution < 1.29 is 4.42 Å². The highest BCUT2D eigenvalue weighted by Gasteiger charge is 2.21. The van der Waals surface area contributed by atoms with Crippen molar-refractivity contribution in [3.8, 4) is 22.3 Å². The lowest BCUT2D eigenvalue weighted by atomic mass is 9.88. The van der Waals surface area contributed by atoms with Crippen molar-refractivity contribution in [1.82, 2.24) is 0 Å². The van der Waals surface area contributed by atoms with Crippen LogP contribution in [0.15, 0.2) is 174 Å². The van der Waals surface area contributed by atoms with E-state index in [0.29, 0.717) is 0 Å². The minimum absolute atomic E-state index is 0.928. The summed E-state index contributed by atoms with van der Waals surface area (Å²) in [5.41, 5.74) is 6.54. The van der Waals surface area contributed by atoms with Crippen molar-refractivity contribution >= 4 is 97.3 Å². The molecular formula is C50H28O. The van der Waals surface area contributed by atoms with Crippen LogP contribution in [0.5, 0.6) is 0 Å². The summed E-state index contributed by atoms with van der Waals surface area (Å²) in [5.74, 6) is 0. The van der Waals surface area contributed by atoms with E-state index >= 15 is 0 Å². The highest BCUT2D eigenvalue weighted by Crippen LogP contribution is 2.47. The third kappa shape index (κ3) is 3.70. The molecule has 11 aromatic carbocycles. The zero-order valence-electron chi connectivity index (χ0n) is 27.6. The van der Waals surface area contributed by atoms with E-state index in [0.717, 1.165) is 32.9 Å². The molecule has 0 unspecified atom stereocenters. The van der Waals surface area contributed by atoms with Gasteiger partial charge >= 0.3 is 0 Å². The number of hydrogen-bond donors (Lipinski definition) is 0. The van der Waals surface area contributed by atoms with E-state index in [4.69, 9.17) is 4.42 Å². The van der Waals surface area contributed by atoms with Gasteiger partial charge in [0.05, 0.1) is 0 Å². The molecule has 0 aliphatic carbocycles. The fourth-order valence-electron chi connectivity index (χ4n) is 9.02. The Morgan fingerprint density at radius 2 is 0.784 bits per heavy atom. The van der Waals surface area contributed by atoms with Crippen LogP contribution in [-0.2, 0) is 0 Å². The Labute approximate surface area is 292 Å². The van der Waals surface area contributed by atoms with Crippen molar-refractivity contribution in [2.45, 2.75) is 0 Å². The van der Waals surface area contributed by atoms with Crippen molar-refractivity contribution in [2.75, 3.05) is 0 Å². The highest BCUT2D eigenvalue weighted by atomic mass is 16.3. The van der Waals surface area contributed by atoms with Crippen LogP contribution in [-0.4, -0.2) is 0 Å². The van der Waals surface area contributed by atoms with Crippen molar-refractivity contribution in [3.05, 3.63) is 170 Å². The van der Waals surface area contributed by atoms with Crippen molar-refractivity contribution in [2.24, 2.45) is 0 Å². The van der Waals surface area contributed by atoms with Gasteiger partial charge in [-0.15, -0.1) is 0 Å². The molecule has 0 atom stereocenters. The molecular weight excluding hydrogens is 617 g/mol. The van der Waals surface area contributed by atoms with Crippen LogP contribution < -0.4 is 0 Å². The Hall–Kier alpha value is -6.70. The summed E-state index contributed by atoms with van der Waals surface area (Å²) in [6.07, 6.45) is 0. The Morgan fingerprint density at radius 3 is 1.61 bits per heavy atom. The molecule has 0 aliphatic heterocycles. The van der Waals surface area contributed by atoms with Crippen LogP contribution >= 0.6 is 0 Å². The lowest BCUT2D eigenvalue weighted by Crippen LogP contribution is -1.89. The number of fused-ring (bicyclic) bond motifs is 10. The van der Waals surface area contributed by atoms with Crippen molar-refractivity contribution in [1.29, 1.82) is 0 Å². The van der Waals surface area contributed by atoms with Crippen LogP contribution in [0.4, 0.5) is 0 Å². The SMILES string of the molecule is c1ccc2c(c1)ccc1c2oc2c(-c3ccc4ccc5cccc6ccc3c4c56)ccc(-c3ccc4ccc5ccc6ccccc6c5c4c3)c21. The average molecular weight is 645 g/mol. The second kappa shape index (κ2) is 9.94. The van der Waals surface area contributed by atoms with Crippen LogP contribution in [0, 0.1) is 0 Å². The van der Waals surface area contributed by atoms with Gasteiger partial charge in [0, 0.05) is 21.7 Å². The standard InChI is InChI=1S/C50H28O/c1-3-10-37-29(6-1)12-15-34-16-13-31-14-19-36(28-44(31)46(34)37)38-26-27-42(50-48(38)43-25-20-30-7-2-4-11-39(30)49(43)51-50)40-23-21-35-18-17-32-8-5-9-33-22-24-41(40)47(35)45(32)33/h1-28H. The smallest absolute Gasteiger partial charge is 0.143 e. The first kappa shape index (κ1) is 27.2. The Bertz CT molecular complexity index is 3400. The minimum atomic E-state index is 0.928. The summed E-state index contributed by atoms with van der Waals surface area (Å²) in [5, 5.41) is 19.9. The number of furan rings is 1. The quantitative estimate of drug-likeness (QED) is 0.171. The molecule has 1 heteroatoms. The van der Waals surface area contributed by atoms with E-state index in [1.54, 1.807) is 0 Å². The summed E-state index contributed by atoms with van der Waals surface area (Å²) in [6, 6.07) is 62.6. The summed E-state index contributed by atoms with van der Waals surface area (Å²) >= 11 is 0. The van der Waals surface area contributed by atoms with E-state index in [2.05, 4.69) is 170 Å². The minimum Gasteiger partial charge on any atom is -0.455 e. The van der Waals surface area contributed by atoms with E-state index in [9.17, 15) is 0 Å². The molecule has 0 saturated heterocycles. The number of benzene rings is 11. The molecule has 1 heterocycles. The van der Waals surface area contributed by atoms with Gasteiger partial charge in [-0.05, 0) is 105 Å². The third-order valence-corrected chi connectivity index (χ3v) is 11.4. The predicted molar refractivity (Wildman–Crippen MR) is 218 cm³/mol. The second-order valence-corrected chi connectivity index (χ2v) is 14.0. The Kier molecular flexibility index (Phi) is 5.29. The highest BCUT2D eigenvalue weighted by molar-refractivity contribution is 6.28. The lowest BCUT2D eigenvalue weighted by molar-refractivity contribution is 0.674. The second-order valence-electron chi connectivity index (χ2n) is 14.0. The molecule has 0 bridgehead atoms. The first-order valence-electron chi connectivity index (χ1n) is 17.7.